The van der Waals surface area contributed by atoms with E-state index in [-0.39, 0.29) is 30.0 Å². The average molecular weight is 464 g/mol. The van der Waals surface area contributed by atoms with Crippen molar-refractivity contribution in [3.05, 3.63) is 26.9 Å². The van der Waals surface area contributed by atoms with E-state index in [0.29, 0.717) is 39.7 Å². The highest BCUT2D eigenvalue weighted by Crippen LogP contribution is 2.42. The lowest BCUT2D eigenvalue weighted by Gasteiger charge is -2.22. The van der Waals surface area contributed by atoms with E-state index in [4.69, 9.17) is 32.7 Å². The molecular formula is C17H17BrCl2N2O4. The SMILES string of the molecule is CC(=O)OC[C@@H]1CC(OC(C)=O)C(n2c(Br)nc3cc(Cl)c(Cl)cc32)C1. The number of nitrogens with zero attached hydrogens (tertiary/aromatic N) is 2. The van der Waals surface area contributed by atoms with Crippen LogP contribution in [0.1, 0.15) is 32.7 Å². The highest BCUT2D eigenvalue weighted by molar-refractivity contribution is 9.10. The monoisotopic (exact) mass is 462 g/mol. The van der Waals surface area contributed by atoms with E-state index in [1.165, 1.54) is 13.8 Å². The summed E-state index contributed by atoms with van der Waals surface area (Å²) in [5, 5.41) is 0.846. The van der Waals surface area contributed by atoms with Crippen molar-refractivity contribution in [3.8, 4) is 0 Å². The van der Waals surface area contributed by atoms with E-state index < -0.39 is 0 Å². The fourth-order valence-corrected chi connectivity index (χ4v) is 4.40. The molecule has 1 aromatic heterocycles. The summed E-state index contributed by atoms with van der Waals surface area (Å²) in [5.74, 6) is -0.594. The van der Waals surface area contributed by atoms with Crippen LogP contribution in [-0.2, 0) is 19.1 Å². The first kappa shape index (κ1) is 19.5. The van der Waals surface area contributed by atoms with Crippen LogP contribution in [0, 0.1) is 5.92 Å². The lowest BCUT2D eigenvalue weighted by atomic mass is 10.1. The van der Waals surface area contributed by atoms with Gasteiger partial charge in [-0.2, -0.15) is 0 Å². The van der Waals surface area contributed by atoms with E-state index in [1.54, 1.807) is 12.1 Å². The summed E-state index contributed by atoms with van der Waals surface area (Å²) in [4.78, 5) is 27.1. The molecule has 6 nitrogen and oxygen atoms in total. The molecule has 2 aromatic rings. The van der Waals surface area contributed by atoms with Crippen molar-refractivity contribution in [1.29, 1.82) is 0 Å². The molecule has 1 saturated carbocycles. The van der Waals surface area contributed by atoms with E-state index in [2.05, 4.69) is 20.9 Å². The number of ether oxygens (including phenoxy) is 2. The van der Waals surface area contributed by atoms with Crippen LogP contribution >= 0.6 is 39.1 Å². The lowest BCUT2D eigenvalue weighted by Crippen LogP contribution is -2.24. The molecule has 0 radical (unpaired) electrons. The largest absolute Gasteiger partial charge is 0.466 e. The predicted molar refractivity (Wildman–Crippen MR) is 101 cm³/mol. The predicted octanol–water partition coefficient (Wildman–Crippen LogP) is 4.55. The van der Waals surface area contributed by atoms with Crippen molar-refractivity contribution in [3.63, 3.8) is 0 Å². The molecule has 0 bridgehead atoms. The molecule has 1 aliphatic rings. The number of imidazole rings is 1. The maximum absolute atomic E-state index is 11.6. The van der Waals surface area contributed by atoms with Gasteiger partial charge in [-0.1, -0.05) is 23.2 Å². The van der Waals surface area contributed by atoms with E-state index in [1.807, 2.05) is 4.57 Å². The van der Waals surface area contributed by atoms with Gasteiger partial charge in [-0.05, 0) is 46.8 Å². The molecule has 140 valence electrons. The molecule has 1 aromatic carbocycles. The summed E-state index contributed by atoms with van der Waals surface area (Å²) in [7, 11) is 0. The quantitative estimate of drug-likeness (QED) is 0.622. The molecule has 0 saturated heterocycles. The number of carbonyl (C=O) groups is 2. The molecule has 3 atom stereocenters. The summed E-state index contributed by atoms with van der Waals surface area (Å²) < 4.78 is 13.2. The van der Waals surface area contributed by atoms with Crippen LogP contribution in [0.4, 0.5) is 0 Å². The van der Waals surface area contributed by atoms with Crippen LogP contribution in [0.15, 0.2) is 16.9 Å². The Morgan fingerprint density at radius 2 is 1.92 bits per heavy atom. The number of hydrogen-bond donors (Lipinski definition) is 0. The van der Waals surface area contributed by atoms with Gasteiger partial charge in [-0.25, -0.2) is 4.98 Å². The Hall–Kier alpha value is -1.31. The minimum Gasteiger partial charge on any atom is -0.466 e. The summed E-state index contributed by atoms with van der Waals surface area (Å²) in [5.41, 5.74) is 1.48. The Morgan fingerprint density at radius 3 is 2.58 bits per heavy atom. The smallest absolute Gasteiger partial charge is 0.302 e. The van der Waals surface area contributed by atoms with E-state index >= 15 is 0 Å². The van der Waals surface area contributed by atoms with Crippen molar-refractivity contribution in [2.24, 2.45) is 5.92 Å². The van der Waals surface area contributed by atoms with Gasteiger partial charge in [0.1, 0.15) is 6.10 Å². The van der Waals surface area contributed by atoms with Gasteiger partial charge in [-0.15, -0.1) is 0 Å². The number of rotatable bonds is 4. The number of aromatic nitrogens is 2. The highest BCUT2D eigenvalue weighted by atomic mass is 79.9. The molecule has 1 fully saturated rings. The number of fused-ring (bicyclic) bond motifs is 1. The summed E-state index contributed by atoms with van der Waals surface area (Å²) in [6, 6.07) is 3.30. The number of benzene rings is 1. The number of halogens is 3. The highest BCUT2D eigenvalue weighted by Gasteiger charge is 2.39. The minimum absolute atomic E-state index is 0.0837. The molecular weight excluding hydrogens is 447 g/mol. The first-order valence-electron chi connectivity index (χ1n) is 8.09. The molecule has 1 heterocycles. The van der Waals surface area contributed by atoms with Gasteiger partial charge in [0.15, 0.2) is 4.73 Å². The topological polar surface area (TPSA) is 70.4 Å². The van der Waals surface area contributed by atoms with Crippen molar-refractivity contribution in [1.82, 2.24) is 9.55 Å². The molecule has 9 heteroatoms. The molecule has 0 amide bonds. The first-order chi connectivity index (χ1) is 12.3. The van der Waals surface area contributed by atoms with Crippen LogP contribution in [0.5, 0.6) is 0 Å². The Kier molecular flexibility index (Phi) is 5.79. The maximum Gasteiger partial charge on any atom is 0.302 e. The Bertz CT molecular complexity index is 870. The Labute approximate surface area is 168 Å². The maximum atomic E-state index is 11.6. The van der Waals surface area contributed by atoms with E-state index in [9.17, 15) is 9.59 Å². The summed E-state index contributed by atoms with van der Waals surface area (Å²) in [6.45, 7) is 3.05. The van der Waals surface area contributed by atoms with Crippen LogP contribution in [0.3, 0.4) is 0 Å². The second-order valence-electron chi connectivity index (χ2n) is 6.36. The average Bonchev–Trinajstić information content (AvgIpc) is 3.05. The van der Waals surface area contributed by atoms with Crippen molar-refractivity contribution < 1.29 is 19.1 Å². The molecule has 1 aliphatic carbocycles. The Balaban J connectivity index is 1.97. The third-order valence-electron chi connectivity index (χ3n) is 4.43. The minimum atomic E-state index is -0.352. The van der Waals surface area contributed by atoms with Gasteiger partial charge in [0.25, 0.3) is 0 Å². The standard InChI is InChI=1S/C17H17BrCl2N2O4/c1-8(23)25-7-10-3-15(16(4-10)26-9(2)24)22-14-6-12(20)11(19)5-13(14)21-17(22)18/h5-6,10,15-16H,3-4,7H2,1-2H3/t10-,15?,16?/m0/s1. The molecule has 0 spiro atoms. The third-order valence-corrected chi connectivity index (χ3v) is 5.71. The van der Waals surface area contributed by atoms with Crippen LogP contribution in [-0.4, -0.2) is 34.2 Å². The number of hydrogen-bond acceptors (Lipinski definition) is 5. The van der Waals surface area contributed by atoms with Gasteiger partial charge >= 0.3 is 11.9 Å². The normalized spacial score (nSPS) is 22.6. The second kappa shape index (κ2) is 7.74. The fourth-order valence-electron chi connectivity index (χ4n) is 3.43. The molecule has 0 aliphatic heterocycles. The lowest BCUT2D eigenvalue weighted by molar-refractivity contribution is -0.148. The van der Waals surface area contributed by atoms with Crippen molar-refractivity contribution in [2.45, 2.75) is 38.8 Å². The van der Waals surface area contributed by atoms with Crippen molar-refractivity contribution in [2.75, 3.05) is 6.61 Å². The Morgan fingerprint density at radius 1 is 1.23 bits per heavy atom. The van der Waals surface area contributed by atoms with Gasteiger partial charge in [-0.3, -0.25) is 9.59 Å². The second-order valence-corrected chi connectivity index (χ2v) is 7.88. The summed E-state index contributed by atoms with van der Waals surface area (Å²) >= 11 is 15.7. The van der Waals surface area contributed by atoms with Gasteiger partial charge in [0, 0.05) is 13.8 Å². The number of carbonyl (C=O) groups excluding carboxylic acids is 2. The third kappa shape index (κ3) is 4.00. The fraction of sp³-hybridized carbons (Fsp3) is 0.471. The van der Waals surface area contributed by atoms with Gasteiger partial charge < -0.3 is 14.0 Å². The first-order valence-corrected chi connectivity index (χ1v) is 9.64. The van der Waals surface area contributed by atoms with E-state index in [0.717, 1.165) is 5.52 Å². The zero-order chi connectivity index (χ0) is 19.0. The molecule has 0 N–H and O–H groups in total. The zero-order valence-electron chi connectivity index (χ0n) is 14.2. The molecule has 2 unspecified atom stereocenters. The molecule has 26 heavy (non-hydrogen) atoms. The van der Waals surface area contributed by atoms with Crippen molar-refractivity contribution >= 4 is 62.1 Å². The van der Waals surface area contributed by atoms with Gasteiger partial charge in [0.2, 0.25) is 0 Å². The number of esters is 2. The van der Waals surface area contributed by atoms with Crippen LogP contribution < -0.4 is 0 Å². The molecule has 3 rings (SSSR count). The van der Waals surface area contributed by atoms with Gasteiger partial charge in [0.05, 0.1) is 33.7 Å². The van der Waals surface area contributed by atoms with Crippen LogP contribution in [0.25, 0.3) is 11.0 Å². The summed E-state index contributed by atoms with van der Waals surface area (Å²) in [6.07, 6.45) is 0.928. The van der Waals surface area contributed by atoms with Crippen LogP contribution in [0.2, 0.25) is 10.0 Å². The zero-order valence-corrected chi connectivity index (χ0v) is 17.3.